The van der Waals surface area contributed by atoms with Crippen LogP contribution in [0.15, 0.2) is 24.3 Å². The third kappa shape index (κ3) is 23.9. The number of carbonyl (C=O) groups excluding carboxylic acids is 1. The van der Waals surface area contributed by atoms with Gasteiger partial charge in [0.25, 0.3) is 0 Å². The maximum atomic E-state index is 12.6. The van der Waals surface area contributed by atoms with Gasteiger partial charge in [-0.2, -0.15) is 8.42 Å². The minimum Gasteiger partial charge on any atom is -0.457 e. The zero-order valence-corrected chi connectivity index (χ0v) is 31.5. The van der Waals surface area contributed by atoms with Gasteiger partial charge in [0.2, 0.25) is 0 Å². The van der Waals surface area contributed by atoms with Crippen LogP contribution in [0.1, 0.15) is 142 Å². The van der Waals surface area contributed by atoms with Crippen molar-refractivity contribution in [1.82, 2.24) is 0 Å². The first-order valence-electron chi connectivity index (χ1n) is 19.1. The zero-order chi connectivity index (χ0) is 36.9. The van der Waals surface area contributed by atoms with Gasteiger partial charge in [0, 0.05) is 13.0 Å². The number of hydrogen-bond acceptors (Lipinski definition) is 11. The summed E-state index contributed by atoms with van der Waals surface area (Å²) in [5, 5.41) is 30.4. The van der Waals surface area contributed by atoms with Crippen LogP contribution >= 0.6 is 0 Å². The molecule has 13 heteroatoms. The molecule has 6 unspecified atom stereocenters. The second-order valence-electron chi connectivity index (χ2n) is 13.2. The Bertz CT molecular complexity index is 989. The number of rotatable bonds is 32. The number of aliphatic hydroxyl groups excluding tert-OH is 3. The van der Waals surface area contributed by atoms with Crippen molar-refractivity contribution in [2.75, 3.05) is 26.4 Å². The summed E-state index contributed by atoms with van der Waals surface area (Å²) in [7, 11) is -5.05. The van der Waals surface area contributed by atoms with Gasteiger partial charge in [0.05, 0.1) is 19.8 Å². The van der Waals surface area contributed by atoms with Gasteiger partial charge in [0.15, 0.2) is 6.29 Å². The van der Waals surface area contributed by atoms with Crippen molar-refractivity contribution in [2.45, 2.75) is 179 Å². The van der Waals surface area contributed by atoms with Gasteiger partial charge >= 0.3 is 16.4 Å². The predicted molar refractivity (Wildman–Crippen MR) is 193 cm³/mol. The van der Waals surface area contributed by atoms with Crippen molar-refractivity contribution in [3.63, 3.8) is 0 Å². The van der Waals surface area contributed by atoms with Crippen LogP contribution < -0.4 is 0 Å². The first-order chi connectivity index (χ1) is 24.1. The topological polar surface area (TPSA) is 178 Å². The van der Waals surface area contributed by atoms with E-state index in [1.807, 2.05) is 0 Å². The Balaban J connectivity index is 2.43. The summed E-state index contributed by atoms with van der Waals surface area (Å²) in [6, 6.07) is 0. The molecule has 0 aromatic carbocycles. The maximum Gasteiger partial charge on any atom is 0.397 e. The van der Waals surface area contributed by atoms with Crippen LogP contribution in [-0.4, -0.2) is 97.5 Å². The lowest BCUT2D eigenvalue weighted by atomic mass is 9.99. The normalized spacial score (nSPS) is 22.1. The van der Waals surface area contributed by atoms with Crippen LogP contribution in [0, 0.1) is 0 Å². The summed E-state index contributed by atoms with van der Waals surface area (Å²) < 4.78 is 58.5. The van der Waals surface area contributed by atoms with E-state index in [4.69, 9.17) is 23.5 Å². The Kier molecular flexibility index (Phi) is 28.0. The molecule has 1 aliphatic rings. The van der Waals surface area contributed by atoms with Crippen molar-refractivity contribution < 1.29 is 56.2 Å². The fourth-order valence-corrected chi connectivity index (χ4v) is 6.15. The molecule has 1 heterocycles. The molecule has 294 valence electrons. The van der Waals surface area contributed by atoms with Crippen LogP contribution in [0.4, 0.5) is 0 Å². The highest BCUT2D eigenvalue weighted by molar-refractivity contribution is 7.80. The van der Waals surface area contributed by atoms with Gasteiger partial charge in [-0.25, -0.2) is 4.18 Å². The van der Waals surface area contributed by atoms with Gasteiger partial charge in [-0.15, -0.1) is 0 Å². The highest BCUT2D eigenvalue weighted by Gasteiger charge is 2.48. The van der Waals surface area contributed by atoms with Crippen LogP contribution in [0.5, 0.6) is 0 Å². The predicted octanol–water partition coefficient (Wildman–Crippen LogP) is 6.51. The van der Waals surface area contributed by atoms with Crippen LogP contribution in [0.25, 0.3) is 0 Å². The smallest absolute Gasteiger partial charge is 0.397 e. The molecular weight excluding hydrogens is 668 g/mol. The summed E-state index contributed by atoms with van der Waals surface area (Å²) in [5.41, 5.74) is 0. The minimum atomic E-state index is -5.05. The lowest BCUT2D eigenvalue weighted by Gasteiger charge is -2.41. The Morgan fingerprint density at radius 3 is 1.92 bits per heavy atom. The summed E-state index contributed by atoms with van der Waals surface area (Å²) >= 11 is 0. The van der Waals surface area contributed by atoms with Gasteiger partial charge in [0.1, 0.15) is 30.5 Å². The second-order valence-corrected chi connectivity index (χ2v) is 14.2. The number of ether oxygens (including phenoxy) is 4. The molecule has 0 aromatic rings. The highest BCUT2D eigenvalue weighted by atomic mass is 32.3. The molecule has 0 aromatic heterocycles. The van der Waals surface area contributed by atoms with E-state index in [1.165, 1.54) is 44.9 Å². The van der Waals surface area contributed by atoms with E-state index in [0.717, 1.165) is 70.6 Å². The molecule has 0 bridgehead atoms. The standard InChI is InChI=1S/C37H68O12S/c1-3-5-7-9-11-12-13-14-15-16-17-18-19-20-21-23-25-27-45-29-31(47-33(39)26-24-22-10-8-6-4-2)30-46-37-35(41)36(49-50(42,43)44)34(40)32(28-38)48-37/h12-13,15-16,31-32,34-38,40-41H,3-11,14,17-30H2,1-2H3,(H,42,43,44)/b13-12-,16-15-. The van der Waals surface area contributed by atoms with E-state index >= 15 is 0 Å². The van der Waals surface area contributed by atoms with E-state index in [2.05, 4.69) is 42.3 Å². The average molecular weight is 737 g/mol. The van der Waals surface area contributed by atoms with Gasteiger partial charge in [-0.3, -0.25) is 9.35 Å². The van der Waals surface area contributed by atoms with Crippen molar-refractivity contribution >= 4 is 16.4 Å². The average Bonchev–Trinajstić information content (AvgIpc) is 3.08. The maximum absolute atomic E-state index is 12.6. The molecule has 50 heavy (non-hydrogen) atoms. The van der Waals surface area contributed by atoms with Gasteiger partial charge in [-0.05, 0) is 44.9 Å². The Labute approximate surface area is 301 Å². The molecule has 0 aliphatic carbocycles. The molecule has 1 aliphatic heterocycles. The Morgan fingerprint density at radius 1 is 0.760 bits per heavy atom. The number of allylic oxidation sites excluding steroid dienone is 4. The number of esters is 1. The van der Waals surface area contributed by atoms with Crippen molar-refractivity contribution in [3.05, 3.63) is 24.3 Å². The van der Waals surface area contributed by atoms with E-state index in [9.17, 15) is 28.5 Å². The zero-order valence-electron chi connectivity index (χ0n) is 30.7. The molecule has 0 amide bonds. The lowest BCUT2D eigenvalue weighted by Crippen LogP contribution is -2.60. The molecule has 0 spiro atoms. The van der Waals surface area contributed by atoms with E-state index in [-0.39, 0.29) is 19.6 Å². The molecule has 12 nitrogen and oxygen atoms in total. The summed E-state index contributed by atoms with van der Waals surface area (Å²) in [6.45, 7) is 3.85. The van der Waals surface area contributed by atoms with Crippen molar-refractivity contribution in [3.8, 4) is 0 Å². The van der Waals surface area contributed by atoms with Crippen LogP contribution in [0.3, 0.4) is 0 Å². The monoisotopic (exact) mass is 736 g/mol. The largest absolute Gasteiger partial charge is 0.457 e. The first-order valence-corrected chi connectivity index (χ1v) is 20.5. The third-order valence-electron chi connectivity index (χ3n) is 8.58. The lowest BCUT2D eigenvalue weighted by molar-refractivity contribution is -0.301. The SMILES string of the molecule is CCCCCC/C=C\C/C=C\CCCCCCCCOCC(COC1OC(CO)C(O)C(OS(=O)(=O)O)C1O)OC(=O)CCCCCCCC. The Hall–Kier alpha value is -1.42. The molecule has 0 saturated carbocycles. The number of carbonyl (C=O) groups is 1. The van der Waals surface area contributed by atoms with E-state index < -0.39 is 59.8 Å². The first kappa shape index (κ1) is 46.6. The quantitative estimate of drug-likeness (QED) is 0.0255. The number of aliphatic hydroxyl groups is 3. The molecule has 1 fully saturated rings. The third-order valence-corrected chi connectivity index (χ3v) is 9.04. The van der Waals surface area contributed by atoms with Crippen LogP contribution in [0.2, 0.25) is 0 Å². The van der Waals surface area contributed by atoms with Crippen LogP contribution in [-0.2, 0) is 38.3 Å². The Morgan fingerprint density at radius 2 is 1.32 bits per heavy atom. The highest BCUT2D eigenvalue weighted by Crippen LogP contribution is 2.26. The second kappa shape index (κ2) is 30.1. The fraction of sp³-hybridized carbons (Fsp3) is 0.865. The summed E-state index contributed by atoms with van der Waals surface area (Å²) in [5.74, 6) is -0.414. The number of hydrogen-bond donors (Lipinski definition) is 4. The molecule has 1 saturated heterocycles. The van der Waals surface area contributed by atoms with Crippen molar-refractivity contribution in [1.29, 1.82) is 0 Å². The fourth-order valence-electron chi connectivity index (χ4n) is 5.64. The van der Waals surface area contributed by atoms with E-state index in [1.54, 1.807) is 0 Å². The molecular formula is C37H68O12S. The molecule has 0 radical (unpaired) electrons. The van der Waals surface area contributed by atoms with Gasteiger partial charge in [-0.1, -0.05) is 115 Å². The van der Waals surface area contributed by atoms with Crippen molar-refractivity contribution in [2.24, 2.45) is 0 Å². The minimum absolute atomic E-state index is 0.0302. The molecule has 6 atom stereocenters. The molecule has 1 rings (SSSR count). The summed E-state index contributed by atoms with van der Waals surface area (Å²) in [4.78, 5) is 12.6. The van der Waals surface area contributed by atoms with E-state index in [0.29, 0.717) is 13.0 Å². The molecule has 4 N–H and O–H groups in total. The van der Waals surface area contributed by atoms with Gasteiger partial charge < -0.3 is 34.3 Å². The summed E-state index contributed by atoms with van der Waals surface area (Å²) in [6.07, 6.45) is 21.1. The number of unbranched alkanes of at least 4 members (excludes halogenated alkanes) is 15.